The highest BCUT2D eigenvalue weighted by atomic mass is 127. The maximum atomic E-state index is 11.1. The second-order valence-electron chi connectivity index (χ2n) is 2.36. The van der Waals surface area contributed by atoms with Crippen molar-refractivity contribution in [3.63, 3.8) is 0 Å². The van der Waals surface area contributed by atoms with Gasteiger partial charge in [-0.1, -0.05) is 0 Å². The molecule has 0 heterocycles. The molecule has 0 radical (unpaired) electrons. The zero-order valence-corrected chi connectivity index (χ0v) is 11.0. The molecule has 2 N–H and O–H groups in total. The monoisotopic (exact) mass is 329 g/mol. The van der Waals surface area contributed by atoms with Crippen LogP contribution in [0.3, 0.4) is 0 Å². The molecule has 0 saturated carbocycles. The normalized spacial score (nSPS) is 9.36. The van der Waals surface area contributed by atoms with Crippen LogP contribution in [-0.2, 0) is 0 Å². The van der Waals surface area contributed by atoms with Gasteiger partial charge in [-0.2, -0.15) is 0 Å². The molecule has 3 amide bonds. The number of amides is 3. The first kappa shape index (κ1) is 13.6. The fraction of sp³-hybridized carbons (Fsp3) is 0.571. The SMILES string of the molecule is CCN(C(N)=O)C(=S)N(CC)C(=O)I. The van der Waals surface area contributed by atoms with E-state index in [4.69, 9.17) is 18.0 Å². The molecule has 5 nitrogen and oxygen atoms in total. The predicted molar refractivity (Wildman–Crippen MR) is 66.4 cm³/mol. The molecule has 0 aromatic rings. The number of nitrogens with zero attached hydrogens (tertiary/aromatic N) is 2. The van der Waals surface area contributed by atoms with Gasteiger partial charge in [-0.3, -0.25) is 14.6 Å². The van der Waals surface area contributed by atoms with Gasteiger partial charge in [0.05, 0.1) is 0 Å². The Hall–Kier alpha value is -0.440. The fourth-order valence-corrected chi connectivity index (χ4v) is 2.03. The van der Waals surface area contributed by atoms with Crippen molar-refractivity contribution >= 4 is 49.9 Å². The Balaban J connectivity index is 4.71. The molecule has 0 aromatic heterocycles. The summed E-state index contributed by atoms with van der Waals surface area (Å²) in [5.41, 5.74) is 5.10. The highest BCUT2D eigenvalue weighted by molar-refractivity contribution is 14.1. The van der Waals surface area contributed by atoms with Crippen molar-refractivity contribution in [3.8, 4) is 0 Å². The Morgan fingerprint density at radius 1 is 1.29 bits per heavy atom. The highest BCUT2D eigenvalue weighted by Gasteiger charge is 2.21. The minimum absolute atomic E-state index is 0.155. The summed E-state index contributed by atoms with van der Waals surface area (Å²) in [6.45, 7) is 4.29. The van der Waals surface area contributed by atoms with Crippen molar-refractivity contribution < 1.29 is 9.59 Å². The van der Waals surface area contributed by atoms with Crippen molar-refractivity contribution in [1.29, 1.82) is 0 Å². The Labute approximate surface area is 102 Å². The number of primary amides is 1. The fourth-order valence-electron chi connectivity index (χ4n) is 0.866. The standard InChI is InChI=1S/C7H12IN3O2S/c1-3-10(5(8)12)7(14)11(4-2)6(9)13/h3-4H2,1-2H3,(H2,9,13). The molecule has 0 atom stereocenters. The van der Waals surface area contributed by atoms with Gasteiger partial charge in [0, 0.05) is 35.7 Å². The van der Waals surface area contributed by atoms with Crippen molar-refractivity contribution in [2.24, 2.45) is 5.73 Å². The minimum Gasteiger partial charge on any atom is -0.351 e. The summed E-state index contributed by atoms with van der Waals surface area (Å²) in [5.74, 6) is 0. The van der Waals surface area contributed by atoms with Gasteiger partial charge in [0.15, 0.2) is 5.11 Å². The Bertz CT molecular complexity index is 235. The van der Waals surface area contributed by atoms with E-state index in [-0.39, 0.29) is 9.03 Å². The average molecular weight is 329 g/mol. The quantitative estimate of drug-likeness (QED) is 0.362. The van der Waals surface area contributed by atoms with E-state index < -0.39 is 6.03 Å². The third-order valence-corrected chi connectivity index (χ3v) is 2.60. The maximum absolute atomic E-state index is 11.1. The molecule has 0 aliphatic carbocycles. The zero-order chi connectivity index (χ0) is 11.3. The summed E-state index contributed by atoms with van der Waals surface area (Å²) in [7, 11) is 0. The molecule has 0 aliphatic heterocycles. The van der Waals surface area contributed by atoms with Crippen LogP contribution >= 0.6 is 34.8 Å². The van der Waals surface area contributed by atoms with E-state index in [2.05, 4.69) is 0 Å². The summed E-state index contributed by atoms with van der Waals surface area (Å²) in [4.78, 5) is 24.5. The first-order chi connectivity index (χ1) is 6.45. The first-order valence-electron chi connectivity index (χ1n) is 4.03. The second-order valence-corrected chi connectivity index (χ2v) is 3.65. The van der Waals surface area contributed by atoms with Crippen molar-refractivity contribution in [1.82, 2.24) is 9.80 Å². The van der Waals surface area contributed by atoms with Gasteiger partial charge < -0.3 is 5.73 Å². The summed E-state index contributed by atoms with van der Waals surface area (Å²) < 4.78 is -0.227. The van der Waals surface area contributed by atoms with Crippen LogP contribution < -0.4 is 5.73 Å². The number of thiocarbonyl (C=S) groups is 1. The Morgan fingerprint density at radius 2 is 1.71 bits per heavy atom. The lowest BCUT2D eigenvalue weighted by atomic mass is 10.5. The van der Waals surface area contributed by atoms with Gasteiger partial charge in [0.1, 0.15) is 0 Å². The van der Waals surface area contributed by atoms with Crippen LogP contribution in [0.1, 0.15) is 13.8 Å². The topological polar surface area (TPSA) is 66.6 Å². The van der Waals surface area contributed by atoms with Crippen LogP contribution in [0, 0.1) is 0 Å². The number of rotatable bonds is 2. The van der Waals surface area contributed by atoms with Crippen molar-refractivity contribution in [2.45, 2.75) is 13.8 Å². The van der Waals surface area contributed by atoms with Gasteiger partial charge in [0.2, 0.25) is 0 Å². The lowest BCUT2D eigenvalue weighted by Crippen LogP contribution is -2.48. The van der Waals surface area contributed by atoms with E-state index in [9.17, 15) is 9.59 Å². The number of nitrogens with two attached hydrogens (primary N) is 1. The average Bonchev–Trinajstić information content (AvgIpc) is 2.04. The van der Waals surface area contributed by atoms with Crippen molar-refractivity contribution in [2.75, 3.05) is 13.1 Å². The maximum Gasteiger partial charge on any atom is 0.321 e. The molecular formula is C7H12IN3O2S. The molecule has 0 unspecified atom stereocenters. The van der Waals surface area contributed by atoms with Crippen LogP contribution in [0.4, 0.5) is 9.59 Å². The molecule has 0 fully saturated rings. The molecule has 0 bridgehead atoms. The Kier molecular flexibility index (Phi) is 5.93. The third-order valence-electron chi connectivity index (χ3n) is 1.57. The van der Waals surface area contributed by atoms with Gasteiger partial charge in [-0.15, -0.1) is 0 Å². The Morgan fingerprint density at radius 3 is 1.93 bits per heavy atom. The number of carbonyl (C=O) groups excluding carboxylic acids is 2. The number of halogens is 1. The van der Waals surface area contributed by atoms with Gasteiger partial charge in [-0.05, 0) is 26.1 Å². The number of hydrogen-bond acceptors (Lipinski definition) is 3. The molecule has 0 aromatic carbocycles. The van der Waals surface area contributed by atoms with Gasteiger partial charge in [0.25, 0.3) is 3.91 Å². The summed E-state index contributed by atoms with van der Waals surface area (Å²) in [5, 5.41) is 0.155. The van der Waals surface area contributed by atoms with E-state index in [0.717, 1.165) is 0 Å². The van der Waals surface area contributed by atoms with Crippen LogP contribution in [-0.4, -0.2) is 37.9 Å². The van der Waals surface area contributed by atoms with Crippen LogP contribution in [0.2, 0.25) is 0 Å². The lowest BCUT2D eigenvalue weighted by molar-refractivity contribution is 0.225. The van der Waals surface area contributed by atoms with Crippen LogP contribution in [0.25, 0.3) is 0 Å². The molecule has 0 aliphatic rings. The molecule has 14 heavy (non-hydrogen) atoms. The summed E-state index contributed by atoms with van der Waals surface area (Å²) >= 11 is 6.59. The van der Waals surface area contributed by atoms with E-state index in [1.54, 1.807) is 36.4 Å². The van der Waals surface area contributed by atoms with E-state index in [1.807, 2.05) is 0 Å². The molecule has 0 rings (SSSR count). The second kappa shape index (κ2) is 6.12. The molecule has 0 spiro atoms. The largest absolute Gasteiger partial charge is 0.351 e. The first-order valence-corrected chi connectivity index (χ1v) is 5.52. The lowest BCUT2D eigenvalue weighted by Gasteiger charge is -2.26. The number of carbonyl (C=O) groups is 2. The highest BCUT2D eigenvalue weighted by Crippen LogP contribution is 2.05. The number of urea groups is 1. The predicted octanol–water partition coefficient (Wildman–Crippen LogP) is 1.55. The zero-order valence-electron chi connectivity index (χ0n) is 7.99. The minimum atomic E-state index is -0.645. The van der Waals surface area contributed by atoms with Crippen molar-refractivity contribution in [3.05, 3.63) is 0 Å². The molecule has 80 valence electrons. The number of hydrogen-bond donors (Lipinski definition) is 1. The van der Waals surface area contributed by atoms with Gasteiger partial charge in [-0.25, -0.2) is 4.79 Å². The van der Waals surface area contributed by atoms with E-state index in [1.165, 1.54) is 9.80 Å². The van der Waals surface area contributed by atoms with E-state index >= 15 is 0 Å². The molecule has 0 saturated heterocycles. The molecule has 7 heteroatoms. The van der Waals surface area contributed by atoms with Gasteiger partial charge >= 0.3 is 6.03 Å². The van der Waals surface area contributed by atoms with Crippen LogP contribution in [0.15, 0.2) is 0 Å². The van der Waals surface area contributed by atoms with E-state index in [0.29, 0.717) is 13.1 Å². The summed E-state index contributed by atoms with van der Waals surface area (Å²) in [6, 6.07) is -0.645. The van der Waals surface area contributed by atoms with Crippen LogP contribution in [0.5, 0.6) is 0 Å². The molecular weight excluding hydrogens is 317 g/mol. The third kappa shape index (κ3) is 3.37. The smallest absolute Gasteiger partial charge is 0.321 e. The summed E-state index contributed by atoms with van der Waals surface area (Å²) in [6.07, 6.45) is 0.